The first-order valence-corrected chi connectivity index (χ1v) is 9.13. The Morgan fingerprint density at radius 1 is 1.11 bits per heavy atom. The Hall–Kier alpha value is -2.77. The van der Waals surface area contributed by atoms with Crippen molar-refractivity contribution < 1.29 is 28.6 Å². The van der Waals surface area contributed by atoms with E-state index in [0.29, 0.717) is 37.7 Å². The van der Waals surface area contributed by atoms with Crippen LogP contribution in [0.3, 0.4) is 0 Å². The van der Waals surface area contributed by atoms with E-state index < -0.39 is 30.4 Å². The van der Waals surface area contributed by atoms with Crippen molar-refractivity contribution >= 4 is 17.8 Å². The molecule has 1 fully saturated rings. The minimum Gasteiger partial charge on any atom is -0.490 e. The van der Waals surface area contributed by atoms with Gasteiger partial charge in [0.1, 0.15) is 6.04 Å². The van der Waals surface area contributed by atoms with Gasteiger partial charge >= 0.3 is 5.97 Å². The minimum atomic E-state index is -0.653. The van der Waals surface area contributed by atoms with Crippen molar-refractivity contribution in [3.63, 3.8) is 0 Å². The van der Waals surface area contributed by atoms with E-state index in [4.69, 9.17) is 19.9 Å². The highest BCUT2D eigenvalue weighted by Crippen LogP contribution is 2.28. The van der Waals surface area contributed by atoms with Gasteiger partial charge in [-0.3, -0.25) is 9.59 Å². The number of benzene rings is 1. The van der Waals surface area contributed by atoms with Gasteiger partial charge in [-0.25, -0.2) is 4.79 Å². The molecule has 0 aromatic heterocycles. The molecule has 1 atom stereocenters. The molecule has 0 bridgehead atoms. The zero-order chi connectivity index (χ0) is 19.8. The summed E-state index contributed by atoms with van der Waals surface area (Å²) < 4.78 is 16.1. The number of amides is 2. The quantitative estimate of drug-likeness (QED) is 0.687. The van der Waals surface area contributed by atoms with Crippen LogP contribution in [-0.4, -0.2) is 55.1 Å². The molecule has 148 valence electrons. The van der Waals surface area contributed by atoms with E-state index in [1.165, 1.54) is 11.0 Å². The third-order valence-corrected chi connectivity index (χ3v) is 4.26. The van der Waals surface area contributed by atoms with E-state index in [-0.39, 0.29) is 5.56 Å². The number of carbonyl (C=O) groups excluding carboxylic acids is 3. The van der Waals surface area contributed by atoms with Crippen molar-refractivity contribution in [2.45, 2.75) is 39.2 Å². The number of rotatable bonds is 8. The van der Waals surface area contributed by atoms with Crippen LogP contribution in [0.25, 0.3) is 0 Å². The van der Waals surface area contributed by atoms with Crippen molar-refractivity contribution in [3.8, 4) is 11.5 Å². The molecule has 0 saturated carbocycles. The van der Waals surface area contributed by atoms with E-state index in [2.05, 4.69) is 0 Å². The predicted octanol–water partition coefficient (Wildman–Crippen LogP) is 1.51. The van der Waals surface area contributed by atoms with Crippen molar-refractivity contribution in [3.05, 3.63) is 23.8 Å². The average Bonchev–Trinajstić information content (AvgIpc) is 2.67. The highest BCUT2D eigenvalue weighted by atomic mass is 16.5. The number of likely N-dealkylation sites (tertiary alicyclic amines) is 1. The first kappa shape index (κ1) is 20.5. The standard InChI is InChI=1S/C19H26N2O6/c1-3-25-15-9-8-13(11-16(15)26-4-2)19(24)27-12-17(22)21-10-6-5-7-14(21)18(20)23/h8-9,11,14H,3-7,10,12H2,1-2H3,(H2,20,23)/t14-/m1/s1. The molecule has 0 spiro atoms. The highest BCUT2D eigenvalue weighted by Gasteiger charge is 2.31. The van der Waals surface area contributed by atoms with Gasteiger partial charge in [-0.2, -0.15) is 0 Å². The van der Waals surface area contributed by atoms with E-state index in [9.17, 15) is 14.4 Å². The van der Waals surface area contributed by atoms with Crippen molar-refractivity contribution in [2.75, 3.05) is 26.4 Å². The zero-order valence-corrected chi connectivity index (χ0v) is 15.7. The number of primary amides is 1. The number of piperidine rings is 1. The normalized spacial score (nSPS) is 16.5. The maximum absolute atomic E-state index is 12.4. The molecular formula is C19H26N2O6. The Morgan fingerprint density at radius 2 is 1.81 bits per heavy atom. The fourth-order valence-corrected chi connectivity index (χ4v) is 3.00. The van der Waals surface area contributed by atoms with Crippen molar-refractivity contribution in [1.29, 1.82) is 0 Å². The van der Waals surface area contributed by atoms with Crippen LogP contribution in [0.2, 0.25) is 0 Å². The molecule has 1 aliphatic rings. The van der Waals surface area contributed by atoms with Gasteiger partial charge in [0, 0.05) is 6.54 Å². The molecule has 0 radical (unpaired) electrons. The van der Waals surface area contributed by atoms with Gasteiger partial charge in [-0.05, 0) is 51.3 Å². The number of ether oxygens (including phenoxy) is 3. The van der Waals surface area contributed by atoms with Gasteiger partial charge in [0.2, 0.25) is 5.91 Å². The maximum Gasteiger partial charge on any atom is 0.338 e. The van der Waals surface area contributed by atoms with Crippen LogP contribution in [0.1, 0.15) is 43.5 Å². The third-order valence-electron chi connectivity index (χ3n) is 4.26. The molecule has 1 aliphatic heterocycles. The van der Waals surface area contributed by atoms with Gasteiger partial charge in [0.25, 0.3) is 5.91 Å². The molecule has 27 heavy (non-hydrogen) atoms. The monoisotopic (exact) mass is 378 g/mol. The molecule has 0 unspecified atom stereocenters. The molecule has 1 aromatic rings. The summed E-state index contributed by atoms with van der Waals surface area (Å²) >= 11 is 0. The van der Waals surface area contributed by atoms with Crippen LogP contribution in [0.4, 0.5) is 0 Å². The fourth-order valence-electron chi connectivity index (χ4n) is 3.00. The van der Waals surface area contributed by atoms with E-state index >= 15 is 0 Å². The molecule has 2 N–H and O–H groups in total. The lowest BCUT2D eigenvalue weighted by Crippen LogP contribution is -2.51. The Morgan fingerprint density at radius 3 is 2.48 bits per heavy atom. The summed E-state index contributed by atoms with van der Waals surface area (Å²) in [5.41, 5.74) is 5.61. The predicted molar refractivity (Wildman–Crippen MR) is 97.6 cm³/mol. The number of nitrogens with two attached hydrogens (primary N) is 1. The van der Waals surface area contributed by atoms with Gasteiger partial charge in [0.05, 0.1) is 18.8 Å². The average molecular weight is 378 g/mol. The number of hydrogen-bond acceptors (Lipinski definition) is 6. The van der Waals surface area contributed by atoms with Crippen LogP contribution in [-0.2, 0) is 14.3 Å². The first-order chi connectivity index (χ1) is 13.0. The molecule has 2 amide bonds. The highest BCUT2D eigenvalue weighted by molar-refractivity contribution is 5.93. The number of esters is 1. The number of nitrogens with zero attached hydrogens (tertiary/aromatic N) is 1. The summed E-state index contributed by atoms with van der Waals surface area (Å²) in [7, 11) is 0. The molecular weight excluding hydrogens is 352 g/mol. The molecule has 1 saturated heterocycles. The molecule has 8 nitrogen and oxygen atoms in total. The molecule has 0 aliphatic carbocycles. The zero-order valence-electron chi connectivity index (χ0n) is 15.7. The summed E-state index contributed by atoms with van der Waals surface area (Å²) in [6, 6.07) is 4.06. The Labute approximate surface area is 158 Å². The summed E-state index contributed by atoms with van der Waals surface area (Å²) in [5, 5.41) is 0. The van der Waals surface area contributed by atoms with Crippen LogP contribution in [0.15, 0.2) is 18.2 Å². The van der Waals surface area contributed by atoms with Crippen LogP contribution < -0.4 is 15.2 Å². The fraction of sp³-hybridized carbons (Fsp3) is 0.526. The SMILES string of the molecule is CCOc1ccc(C(=O)OCC(=O)N2CCCC[C@@H]2C(N)=O)cc1OCC. The van der Waals surface area contributed by atoms with Gasteiger partial charge in [-0.1, -0.05) is 0 Å². The summed E-state index contributed by atoms with van der Waals surface area (Å²) in [6.45, 7) is 4.55. The lowest BCUT2D eigenvalue weighted by molar-refractivity contribution is -0.143. The molecule has 2 rings (SSSR count). The van der Waals surface area contributed by atoms with Gasteiger partial charge in [0.15, 0.2) is 18.1 Å². The largest absolute Gasteiger partial charge is 0.490 e. The first-order valence-electron chi connectivity index (χ1n) is 9.13. The van der Waals surface area contributed by atoms with Gasteiger partial charge < -0.3 is 24.8 Å². The van der Waals surface area contributed by atoms with Crippen LogP contribution in [0.5, 0.6) is 11.5 Å². The van der Waals surface area contributed by atoms with E-state index in [0.717, 1.165) is 12.8 Å². The van der Waals surface area contributed by atoms with E-state index in [1.807, 2.05) is 13.8 Å². The Bertz CT molecular complexity index is 691. The Balaban J connectivity index is 2.01. The second-order valence-corrected chi connectivity index (χ2v) is 6.10. The van der Waals surface area contributed by atoms with Crippen LogP contribution in [0, 0.1) is 0 Å². The summed E-state index contributed by atoms with van der Waals surface area (Å²) in [5.74, 6) is -0.653. The lowest BCUT2D eigenvalue weighted by atomic mass is 10.0. The maximum atomic E-state index is 12.4. The third kappa shape index (κ3) is 5.35. The smallest absolute Gasteiger partial charge is 0.338 e. The lowest BCUT2D eigenvalue weighted by Gasteiger charge is -2.33. The van der Waals surface area contributed by atoms with E-state index in [1.54, 1.807) is 12.1 Å². The topological polar surface area (TPSA) is 108 Å². The van der Waals surface area contributed by atoms with Crippen molar-refractivity contribution in [1.82, 2.24) is 4.90 Å². The molecule has 8 heteroatoms. The number of carbonyl (C=O) groups is 3. The van der Waals surface area contributed by atoms with Gasteiger partial charge in [-0.15, -0.1) is 0 Å². The van der Waals surface area contributed by atoms with Crippen molar-refractivity contribution in [2.24, 2.45) is 5.73 Å². The summed E-state index contributed by atoms with van der Waals surface area (Å²) in [6.07, 6.45) is 2.16. The second-order valence-electron chi connectivity index (χ2n) is 6.10. The van der Waals surface area contributed by atoms with Crippen LogP contribution >= 0.6 is 0 Å². The molecule has 1 heterocycles. The molecule has 1 aromatic carbocycles. The Kier molecular flexibility index (Phi) is 7.45. The number of hydrogen-bond donors (Lipinski definition) is 1. The minimum absolute atomic E-state index is 0.250. The second kappa shape index (κ2) is 9.80. The summed E-state index contributed by atoms with van der Waals surface area (Å²) in [4.78, 5) is 37.5.